The highest BCUT2D eigenvalue weighted by Gasteiger charge is 2.40. The second kappa shape index (κ2) is 7.08. The molecule has 1 aliphatic heterocycles. The molecule has 1 aliphatic carbocycles. The minimum absolute atomic E-state index is 0.632. The molecule has 2 rings (SSSR count). The van der Waals surface area contributed by atoms with Gasteiger partial charge in [0.05, 0.1) is 0 Å². The first kappa shape index (κ1) is 15.3. The van der Waals surface area contributed by atoms with Crippen molar-refractivity contribution in [1.29, 1.82) is 0 Å². The first-order valence-electron chi connectivity index (χ1n) is 8.72. The predicted octanol–water partition coefficient (Wildman–Crippen LogP) is 3.81. The molecule has 1 N–H and O–H groups in total. The van der Waals surface area contributed by atoms with E-state index in [0.29, 0.717) is 5.41 Å². The van der Waals surface area contributed by atoms with Gasteiger partial charge in [-0.1, -0.05) is 33.6 Å². The van der Waals surface area contributed by atoms with Gasteiger partial charge in [-0.15, -0.1) is 0 Å². The summed E-state index contributed by atoms with van der Waals surface area (Å²) in [5.74, 6) is 0. The average Bonchev–Trinajstić information content (AvgIpc) is 2.90. The molecular weight excluding hydrogens is 232 g/mol. The van der Waals surface area contributed by atoms with Crippen LogP contribution in [0, 0.1) is 5.41 Å². The molecular formula is C17H34N2. The molecule has 2 heteroatoms. The van der Waals surface area contributed by atoms with Gasteiger partial charge in [0.1, 0.15) is 0 Å². The summed E-state index contributed by atoms with van der Waals surface area (Å²) in [7, 11) is 0. The lowest BCUT2D eigenvalue weighted by Gasteiger charge is -2.39. The molecule has 19 heavy (non-hydrogen) atoms. The van der Waals surface area contributed by atoms with E-state index in [4.69, 9.17) is 0 Å². The Balaban J connectivity index is 1.95. The fourth-order valence-corrected chi connectivity index (χ4v) is 4.20. The van der Waals surface area contributed by atoms with Crippen LogP contribution in [0.25, 0.3) is 0 Å². The van der Waals surface area contributed by atoms with Crippen molar-refractivity contribution < 1.29 is 0 Å². The quantitative estimate of drug-likeness (QED) is 0.786. The van der Waals surface area contributed by atoms with E-state index in [2.05, 4.69) is 31.0 Å². The van der Waals surface area contributed by atoms with E-state index in [1.54, 1.807) is 0 Å². The van der Waals surface area contributed by atoms with Gasteiger partial charge in [0.2, 0.25) is 0 Å². The lowest BCUT2D eigenvalue weighted by molar-refractivity contribution is 0.128. The first-order chi connectivity index (χ1) is 9.24. The van der Waals surface area contributed by atoms with Crippen LogP contribution in [-0.2, 0) is 0 Å². The van der Waals surface area contributed by atoms with Crippen molar-refractivity contribution in [2.75, 3.05) is 19.6 Å². The molecule has 0 amide bonds. The third kappa shape index (κ3) is 3.52. The van der Waals surface area contributed by atoms with E-state index < -0.39 is 0 Å². The number of hydrogen-bond acceptors (Lipinski definition) is 2. The van der Waals surface area contributed by atoms with Crippen molar-refractivity contribution in [1.82, 2.24) is 10.2 Å². The van der Waals surface area contributed by atoms with E-state index in [-0.39, 0.29) is 0 Å². The van der Waals surface area contributed by atoms with Gasteiger partial charge in [0.25, 0.3) is 0 Å². The Bertz CT molecular complexity index is 260. The monoisotopic (exact) mass is 266 g/mol. The molecule has 1 saturated heterocycles. The van der Waals surface area contributed by atoms with Gasteiger partial charge in [0.15, 0.2) is 0 Å². The zero-order valence-corrected chi connectivity index (χ0v) is 13.4. The van der Waals surface area contributed by atoms with Gasteiger partial charge >= 0.3 is 0 Å². The molecule has 2 aliphatic rings. The fraction of sp³-hybridized carbons (Fsp3) is 1.00. The molecule has 0 bridgehead atoms. The van der Waals surface area contributed by atoms with Crippen LogP contribution in [-0.4, -0.2) is 36.6 Å². The van der Waals surface area contributed by atoms with Crippen molar-refractivity contribution in [2.45, 2.75) is 84.2 Å². The Kier molecular flexibility index (Phi) is 5.70. The van der Waals surface area contributed by atoms with Crippen LogP contribution in [0.4, 0.5) is 0 Å². The average molecular weight is 266 g/mol. The zero-order valence-electron chi connectivity index (χ0n) is 13.4. The third-order valence-electron chi connectivity index (χ3n) is 5.82. The Morgan fingerprint density at radius 2 is 1.84 bits per heavy atom. The minimum atomic E-state index is 0.632. The largest absolute Gasteiger partial charge is 0.312 e. The molecule has 2 fully saturated rings. The Morgan fingerprint density at radius 1 is 1.11 bits per heavy atom. The number of rotatable bonds is 6. The summed E-state index contributed by atoms with van der Waals surface area (Å²) in [5.41, 5.74) is 0.632. The molecule has 2 nitrogen and oxygen atoms in total. The van der Waals surface area contributed by atoms with E-state index in [9.17, 15) is 0 Å². The molecule has 1 saturated carbocycles. The van der Waals surface area contributed by atoms with Gasteiger partial charge < -0.3 is 5.32 Å². The van der Waals surface area contributed by atoms with Gasteiger partial charge in [-0.05, 0) is 57.0 Å². The van der Waals surface area contributed by atoms with Crippen molar-refractivity contribution in [3.63, 3.8) is 0 Å². The molecule has 0 radical (unpaired) electrons. The summed E-state index contributed by atoms with van der Waals surface area (Å²) in [4.78, 5) is 2.83. The number of likely N-dealkylation sites (tertiary alicyclic amines) is 1. The summed E-state index contributed by atoms with van der Waals surface area (Å²) in [6.45, 7) is 11.0. The molecule has 0 aromatic heterocycles. The van der Waals surface area contributed by atoms with Crippen molar-refractivity contribution >= 4 is 0 Å². The standard InChI is InChI=1S/C17H34N2/c1-4-12-18-15-9-7-8-10-16(15)19-13-11-17(5-2,6-3)14-19/h15-16,18H,4-14H2,1-3H3. The summed E-state index contributed by atoms with van der Waals surface area (Å²) in [5, 5.41) is 3.82. The SMILES string of the molecule is CCCNC1CCCCC1N1CCC(CC)(CC)C1. The van der Waals surface area contributed by atoms with E-state index in [0.717, 1.165) is 12.1 Å². The Hall–Kier alpha value is -0.0800. The minimum Gasteiger partial charge on any atom is -0.312 e. The molecule has 2 atom stereocenters. The zero-order chi connectivity index (χ0) is 13.7. The van der Waals surface area contributed by atoms with Crippen LogP contribution in [0.5, 0.6) is 0 Å². The molecule has 1 heterocycles. The van der Waals surface area contributed by atoms with E-state index in [1.807, 2.05) is 0 Å². The lowest BCUT2D eigenvalue weighted by atomic mass is 9.81. The first-order valence-corrected chi connectivity index (χ1v) is 8.72. The summed E-state index contributed by atoms with van der Waals surface area (Å²) in [6, 6.07) is 1.58. The van der Waals surface area contributed by atoms with E-state index in [1.165, 1.54) is 71.0 Å². The van der Waals surface area contributed by atoms with Crippen molar-refractivity contribution in [2.24, 2.45) is 5.41 Å². The molecule has 0 spiro atoms. The van der Waals surface area contributed by atoms with Crippen LogP contribution in [0.2, 0.25) is 0 Å². The van der Waals surface area contributed by atoms with Crippen LogP contribution >= 0.6 is 0 Å². The summed E-state index contributed by atoms with van der Waals surface area (Å²) >= 11 is 0. The van der Waals surface area contributed by atoms with Crippen LogP contribution in [0.15, 0.2) is 0 Å². The number of hydrogen-bond donors (Lipinski definition) is 1. The van der Waals surface area contributed by atoms with Crippen LogP contribution < -0.4 is 5.32 Å². The highest BCUT2D eigenvalue weighted by atomic mass is 15.2. The van der Waals surface area contributed by atoms with Crippen molar-refractivity contribution in [3.8, 4) is 0 Å². The predicted molar refractivity (Wildman–Crippen MR) is 83.5 cm³/mol. The van der Waals surface area contributed by atoms with Gasteiger partial charge in [0, 0.05) is 18.6 Å². The lowest BCUT2D eigenvalue weighted by Crippen LogP contribution is -2.51. The van der Waals surface area contributed by atoms with Gasteiger partial charge in [-0.2, -0.15) is 0 Å². The van der Waals surface area contributed by atoms with Crippen LogP contribution in [0.1, 0.15) is 72.1 Å². The molecule has 0 aromatic rings. The molecule has 112 valence electrons. The van der Waals surface area contributed by atoms with Gasteiger partial charge in [-0.3, -0.25) is 4.90 Å². The number of nitrogens with zero attached hydrogens (tertiary/aromatic N) is 1. The second-order valence-electron chi connectivity index (χ2n) is 6.84. The second-order valence-corrected chi connectivity index (χ2v) is 6.84. The highest BCUT2D eigenvalue weighted by Crippen LogP contribution is 2.39. The topological polar surface area (TPSA) is 15.3 Å². The maximum atomic E-state index is 3.82. The molecule has 2 unspecified atom stereocenters. The van der Waals surface area contributed by atoms with Gasteiger partial charge in [-0.25, -0.2) is 0 Å². The maximum Gasteiger partial charge on any atom is 0.0249 e. The number of nitrogens with one attached hydrogen (secondary N) is 1. The normalized spacial score (nSPS) is 31.7. The summed E-state index contributed by atoms with van der Waals surface area (Å²) < 4.78 is 0. The Labute approximate surface area is 120 Å². The molecule has 0 aromatic carbocycles. The third-order valence-corrected chi connectivity index (χ3v) is 5.82. The Morgan fingerprint density at radius 3 is 2.47 bits per heavy atom. The highest BCUT2D eigenvalue weighted by molar-refractivity contribution is 4.96. The van der Waals surface area contributed by atoms with Crippen LogP contribution in [0.3, 0.4) is 0 Å². The van der Waals surface area contributed by atoms with E-state index >= 15 is 0 Å². The summed E-state index contributed by atoms with van der Waals surface area (Å²) in [6.07, 6.45) is 11.1. The maximum absolute atomic E-state index is 3.82. The fourth-order valence-electron chi connectivity index (χ4n) is 4.20. The smallest absolute Gasteiger partial charge is 0.0249 e. The van der Waals surface area contributed by atoms with Crippen molar-refractivity contribution in [3.05, 3.63) is 0 Å².